The maximum Gasteiger partial charge on any atom is 0.253 e. The number of hydrogen-bond acceptors (Lipinski definition) is 6. The van der Waals surface area contributed by atoms with Gasteiger partial charge in [0.1, 0.15) is 0 Å². The number of nitrogens with zero attached hydrogens (tertiary/aromatic N) is 3. The third-order valence-electron chi connectivity index (χ3n) is 2.34. The van der Waals surface area contributed by atoms with Gasteiger partial charge in [-0.3, -0.25) is 4.79 Å². The number of tetrazole rings is 1. The minimum Gasteiger partial charge on any atom is -0.399 e. The summed E-state index contributed by atoms with van der Waals surface area (Å²) in [5.41, 5.74) is 7.40. The fourth-order valence-electron chi connectivity index (χ4n) is 1.47. The first-order chi connectivity index (χ1) is 8.70. The molecular formula is C10H13N7O. The Kier molecular flexibility index (Phi) is 3.37. The van der Waals surface area contributed by atoms with Crippen LogP contribution in [0.1, 0.15) is 16.2 Å². The van der Waals surface area contributed by atoms with Gasteiger partial charge in [0.05, 0.1) is 12.1 Å². The molecule has 2 aromatic rings. The Bertz CT molecular complexity index is 537. The van der Waals surface area contributed by atoms with Crippen LogP contribution in [0.15, 0.2) is 18.2 Å². The zero-order valence-electron chi connectivity index (χ0n) is 9.77. The maximum absolute atomic E-state index is 11.7. The number of rotatable bonds is 4. The van der Waals surface area contributed by atoms with E-state index in [1.165, 1.54) is 0 Å². The van der Waals surface area contributed by atoms with Crippen LogP contribution in [0.5, 0.6) is 0 Å². The van der Waals surface area contributed by atoms with Crippen LogP contribution in [0.25, 0.3) is 0 Å². The third-order valence-corrected chi connectivity index (χ3v) is 2.34. The second-order valence-electron chi connectivity index (χ2n) is 3.57. The number of anilines is 2. The maximum atomic E-state index is 11.7. The van der Waals surface area contributed by atoms with Crippen LogP contribution in [0.4, 0.5) is 11.4 Å². The SMILES string of the molecule is CNC(=O)c1ccc(N)cc1NCc1nn[nH]n1. The van der Waals surface area contributed by atoms with Gasteiger partial charge in [-0.25, -0.2) is 0 Å². The predicted octanol–water partition coefficient (Wildman–Crippen LogP) is -0.246. The van der Waals surface area contributed by atoms with Gasteiger partial charge in [-0.05, 0) is 18.2 Å². The second-order valence-corrected chi connectivity index (χ2v) is 3.57. The van der Waals surface area contributed by atoms with Gasteiger partial charge in [-0.2, -0.15) is 5.21 Å². The Labute approximate surface area is 103 Å². The van der Waals surface area contributed by atoms with Crippen molar-refractivity contribution in [3.8, 4) is 0 Å². The van der Waals surface area contributed by atoms with Crippen molar-refractivity contribution in [3.63, 3.8) is 0 Å². The molecule has 18 heavy (non-hydrogen) atoms. The summed E-state index contributed by atoms with van der Waals surface area (Å²) in [6.45, 7) is 0.351. The number of carbonyl (C=O) groups is 1. The van der Waals surface area contributed by atoms with Crippen LogP contribution >= 0.6 is 0 Å². The molecule has 0 radical (unpaired) electrons. The Hall–Kier alpha value is -2.64. The molecule has 0 saturated heterocycles. The van der Waals surface area contributed by atoms with Gasteiger partial charge in [0.2, 0.25) is 0 Å². The molecule has 0 aliphatic rings. The molecule has 8 heteroatoms. The average Bonchev–Trinajstić information content (AvgIpc) is 2.88. The van der Waals surface area contributed by atoms with E-state index in [2.05, 4.69) is 31.3 Å². The number of carbonyl (C=O) groups excluding carboxylic acids is 1. The van der Waals surface area contributed by atoms with Gasteiger partial charge in [-0.1, -0.05) is 5.21 Å². The quantitative estimate of drug-likeness (QED) is 0.553. The summed E-state index contributed by atoms with van der Waals surface area (Å²) < 4.78 is 0. The lowest BCUT2D eigenvalue weighted by atomic mass is 10.1. The molecule has 5 N–H and O–H groups in total. The van der Waals surface area contributed by atoms with Crippen LogP contribution < -0.4 is 16.4 Å². The molecule has 1 amide bonds. The molecule has 8 nitrogen and oxygen atoms in total. The topological polar surface area (TPSA) is 122 Å². The van der Waals surface area contributed by atoms with Gasteiger partial charge in [-0.15, -0.1) is 10.2 Å². The fraction of sp³-hybridized carbons (Fsp3) is 0.200. The largest absolute Gasteiger partial charge is 0.399 e. The van der Waals surface area contributed by atoms with Crippen LogP contribution in [0.2, 0.25) is 0 Å². The smallest absolute Gasteiger partial charge is 0.253 e. The highest BCUT2D eigenvalue weighted by Crippen LogP contribution is 2.19. The van der Waals surface area contributed by atoms with Crippen LogP contribution in [0.3, 0.4) is 0 Å². The van der Waals surface area contributed by atoms with E-state index in [1.54, 1.807) is 25.2 Å². The number of amides is 1. The van der Waals surface area contributed by atoms with Crippen LogP contribution in [-0.4, -0.2) is 33.6 Å². The first-order valence-electron chi connectivity index (χ1n) is 5.28. The second kappa shape index (κ2) is 5.13. The number of aromatic nitrogens is 4. The number of nitrogen functional groups attached to an aromatic ring is 1. The van der Waals surface area contributed by atoms with E-state index < -0.39 is 0 Å². The third kappa shape index (κ3) is 2.54. The summed E-state index contributed by atoms with van der Waals surface area (Å²) in [4.78, 5) is 11.7. The highest BCUT2D eigenvalue weighted by atomic mass is 16.1. The Morgan fingerprint density at radius 2 is 2.33 bits per heavy atom. The first-order valence-corrected chi connectivity index (χ1v) is 5.28. The predicted molar refractivity (Wildman–Crippen MR) is 65.7 cm³/mol. The molecule has 0 spiro atoms. The summed E-state index contributed by atoms with van der Waals surface area (Å²) >= 11 is 0. The minimum absolute atomic E-state index is 0.189. The molecule has 94 valence electrons. The van der Waals surface area contributed by atoms with Crippen molar-refractivity contribution in [2.45, 2.75) is 6.54 Å². The normalized spacial score (nSPS) is 10.1. The molecule has 0 bridgehead atoms. The van der Waals surface area contributed by atoms with Gasteiger partial charge in [0, 0.05) is 18.4 Å². The zero-order chi connectivity index (χ0) is 13.0. The molecular weight excluding hydrogens is 234 g/mol. The molecule has 0 aliphatic heterocycles. The van der Waals surface area contributed by atoms with Crippen molar-refractivity contribution >= 4 is 17.3 Å². The summed E-state index contributed by atoms with van der Waals surface area (Å²) in [6.07, 6.45) is 0. The fourth-order valence-corrected chi connectivity index (χ4v) is 1.47. The highest BCUT2D eigenvalue weighted by molar-refractivity contribution is 6.00. The van der Waals surface area contributed by atoms with Gasteiger partial charge in [0.25, 0.3) is 5.91 Å². The van der Waals surface area contributed by atoms with E-state index in [4.69, 9.17) is 5.73 Å². The Morgan fingerprint density at radius 1 is 1.50 bits per heavy atom. The number of hydrogen-bond donors (Lipinski definition) is 4. The molecule has 0 aliphatic carbocycles. The molecule has 1 aromatic carbocycles. The van der Waals surface area contributed by atoms with Gasteiger partial charge < -0.3 is 16.4 Å². The van der Waals surface area contributed by atoms with Crippen LogP contribution in [0, 0.1) is 0 Å². The van der Waals surface area contributed by atoms with E-state index in [0.717, 1.165) is 0 Å². The van der Waals surface area contributed by atoms with Crippen molar-refractivity contribution in [2.75, 3.05) is 18.1 Å². The Balaban J connectivity index is 2.19. The number of nitrogens with one attached hydrogen (secondary N) is 3. The summed E-state index contributed by atoms with van der Waals surface area (Å²) in [7, 11) is 1.57. The summed E-state index contributed by atoms with van der Waals surface area (Å²) in [6, 6.07) is 5.02. The lowest BCUT2D eigenvalue weighted by molar-refractivity contribution is 0.0964. The summed E-state index contributed by atoms with van der Waals surface area (Å²) in [5.74, 6) is 0.311. The van der Waals surface area contributed by atoms with E-state index in [-0.39, 0.29) is 5.91 Å². The highest BCUT2D eigenvalue weighted by Gasteiger charge is 2.10. The van der Waals surface area contributed by atoms with Crippen molar-refractivity contribution in [1.82, 2.24) is 25.9 Å². The standard InChI is InChI=1S/C10H13N7O/c1-12-10(18)7-3-2-6(11)4-8(7)13-5-9-14-16-17-15-9/h2-4,13H,5,11H2,1H3,(H,12,18)(H,14,15,16,17). The lowest BCUT2D eigenvalue weighted by Crippen LogP contribution is -2.20. The van der Waals surface area contributed by atoms with E-state index >= 15 is 0 Å². The molecule has 0 unspecified atom stereocenters. The number of benzene rings is 1. The van der Waals surface area contributed by atoms with E-state index in [0.29, 0.717) is 29.3 Å². The van der Waals surface area contributed by atoms with Crippen molar-refractivity contribution in [3.05, 3.63) is 29.6 Å². The minimum atomic E-state index is -0.189. The van der Waals surface area contributed by atoms with E-state index in [1.807, 2.05) is 0 Å². The Morgan fingerprint density at radius 3 is 3.00 bits per heavy atom. The van der Waals surface area contributed by atoms with Crippen molar-refractivity contribution < 1.29 is 4.79 Å². The van der Waals surface area contributed by atoms with Crippen molar-refractivity contribution in [1.29, 1.82) is 0 Å². The lowest BCUT2D eigenvalue weighted by Gasteiger charge is -2.10. The average molecular weight is 247 g/mol. The first kappa shape index (κ1) is 11.8. The van der Waals surface area contributed by atoms with Crippen LogP contribution in [-0.2, 0) is 6.54 Å². The molecule has 0 saturated carbocycles. The van der Waals surface area contributed by atoms with Crippen molar-refractivity contribution in [2.24, 2.45) is 0 Å². The molecule has 1 heterocycles. The van der Waals surface area contributed by atoms with Gasteiger partial charge in [0.15, 0.2) is 5.82 Å². The molecule has 1 aromatic heterocycles. The molecule has 2 rings (SSSR count). The number of aromatic amines is 1. The van der Waals surface area contributed by atoms with Gasteiger partial charge >= 0.3 is 0 Å². The van der Waals surface area contributed by atoms with E-state index in [9.17, 15) is 4.79 Å². The summed E-state index contributed by atoms with van der Waals surface area (Å²) in [5, 5.41) is 19.0. The zero-order valence-corrected chi connectivity index (χ0v) is 9.77. The molecule has 0 fully saturated rings. The number of H-pyrrole nitrogens is 1. The monoisotopic (exact) mass is 247 g/mol. The number of nitrogens with two attached hydrogens (primary N) is 1. The molecule has 0 atom stereocenters.